The van der Waals surface area contributed by atoms with Gasteiger partial charge >= 0.3 is 0 Å². The normalized spacial score (nSPS) is 26.9. The summed E-state index contributed by atoms with van der Waals surface area (Å²) in [5, 5.41) is 7.97. The van der Waals surface area contributed by atoms with Crippen LogP contribution in [-0.2, 0) is 0 Å². The summed E-state index contributed by atoms with van der Waals surface area (Å²) in [5.41, 5.74) is 2.05. The van der Waals surface area contributed by atoms with Crippen molar-refractivity contribution in [3.05, 3.63) is 24.0 Å². The number of anilines is 1. The van der Waals surface area contributed by atoms with Gasteiger partial charge in [-0.3, -0.25) is 0 Å². The van der Waals surface area contributed by atoms with E-state index in [0.717, 1.165) is 30.2 Å². The molecule has 3 rings (SSSR count). The van der Waals surface area contributed by atoms with E-state index in [4.69, 9.17) is 11.6 Å². The van der Waals surface area contributed by atoms with Gasteiger partial charge in [-0.15, -0.1) is 11.6 Å². The van der Waals surface area contributed by atoms with E-state index < -0.39 is 0 Å². The van der Waals surface area contributed by atoms with E-state index in [1.165, 1.54) is 18.4 Å². The van der Waals surface area contributed by atoms with Gasteiger partial charge < -0.3 is 5.32 Å². The van der Waals surface area contributed by atoms with E-state index >= 15 is 0 Å². The van der Waals surface area contributed by atoms with Gasteiger partial charge in [0, 0.05) is 5.88 Å². The van der Waals surface area contributed by atoms with Crippen molar-refractivity contribution in [1.82, 2.24) is 14.6 Å². The summed E-state index contributed by atoms with van der Waals surface area (Å²) in [6, 6.07) is 4.16. The zero-order chi connectivity index (χ0) is 14.2. The molecule has 0 aliphatic heterocycles. The molecule has 108 valence electrons. The molecular formula is C15H21ClN4. The maximum absolute atomic E-state index is 6.29. The third-order valence-corrected chi connectivity index (χ3v) is 4.92. The number of rotatable bonds is 3. The Hall–Kier alpha value is -1.29. The highest BCUT2D eigenvalue weighted by molar-refractivity contribution is 6.18. The van der Waals surface area contributed by atoms with Crippen LogP contribution < -0.4 is 5.32 Å². The van der Waals surface area contributed by atoms with Crippen LogP contribution in [0.1, 0.15) is 38.2 Å². The lowest BCUT2D eigenvalue weighted by atomic mass is 9.78. The second-order valence-electron chi connectivity index (χ2n) is 6.17. The monoisotopic (exact) mass is 292 g/mol. The van der Waals surface area contributed by atoms with Crippen LogP contribution in [0.25, 0.3) is 5.65 Å². The van der Waals surface area contributed by atoms with E-state index in [1.54, 1.807) is 6.33 Å². The molecule has 2 aromatic heterocycles. The molecule has 0 saturated heterocycles. The summed E-state index contributed by atoms with van der Waals surface area (Å²) in [7, 11) is 0. The van der Waals surface area contributed by atoms with Gasteiger partial charge in [-0.1, -0.05) is 6.92 Å². The summed E-state index contributed by atoms with van der Waals surface area (Å²) < 4.78 is 1.86. The largest absolute Gasteiger partial charge is 0.363 e. The third kappa shape index (κ3) is 2.49. The zero-order valence-corrected chi connectivity index (χ0v) is 12.8. The molecule has 0 spiro atoms. The molecule has 2 heterocycles. The molecule has 0 radical (unpaired) electrons. The average molecular weight is 293 g/mol. The van der Waals surface area contributed by atoms with Gasteiger partial charge in [0.15, 0.2) is 5.65 Å². The number of nitrogens with zero attached hydrogens (tertiary/aromatic N) is 3. The highest BCUT2D eigenvalue weighted by Crippen LogP contribution is 2.35. The predicted octanol–water partition coefficient (Wildman–Crippen LogP) is 3.64. The maximum Gasteiger partial charge on any atom is 0.157 e. The SMILES string of the molecule is Cc1cc(NC2(CCl)CCC(C)CC2)n2ncnc2c1. The van der Waals surface area contributed by atoms with Crippen LogP contribution in [0, 0.1) is 12.8 Å². The van der Waals surface area contributed by atoms with E-state index in [0.29, 0.717) is 5.88 Å². The first-order valence-corrected chi connectivity index (χ1v) is 7.80. The van der Waals surface area contributed by atoms with Crippen molar-refractivity contribution in [2.24, 2.45) is 5.92 Å². The van der Waals surface area contributed by atoms with Crippen molar-refractivity contribution in [1.29, 1.82) is 0 Å². The van der Waals surface area contributed by atoms with E-state index in [-0.39, 0.29) is 5.54 Å². The number of aryl methyl sites for hydroxylation is 1. The van der Waals surface area contributed by atoms with Crippen molar-refractivity contribution in [3.63, 3.8) is 0 Å². The van der Waals surface area contributed by atoms with Crippen LogP contribution in [0.4, 0.5) is 5.82 Å². The molecule has 0 amide bonds. The fourth-order valence-corrected chi connectivity index (χ4v) is 3.36. The second kappa shape index (κ2) is 5.24. The van der Waals surface area contributed by atoms with Crippen LogP contribution in [0.15, 0.2) is 18.5 Å². The fraction of sp³-hybridized carbons (Fsp3) is 0.600. The summed E-state index contributed by atoms with van der Waals surface area (Å²) >= 11 is 6.29. The molecule has 1 N–H and O–H groups in total. The van der Waals surface area contributed by atoms with E-state index in [9.17, 15) is 0 Å². The molecule has 1 saturated carbocycles. The Balaban J connectivity index is 1.93. The first kappa shape index (κ1) is 13.7. The van der Waals surface area contributed by atoms with Gasteiger partial charge in [0.2, 0.25) is 0 Å². The summed E-state index contributed by atoms with van der Waals surface area (Å²) in [6.45, 7) is 4.40. The Kier molecular flexibility index (Phi) is 3.59. The molecule has 1 aliphatic carbocycles. The van der Waals surface area contributed by atoms with E-state index in [2.05, 4.69) is 35.3 Å². The van der Waals surface area contributed by atoms with Gasteiger partial charge in [-0.25, -0.2) is 4.98 Å². The molecule has 20 heavy (non-hydrogen) atoms. The van der Waals surface area contributed by atoms with Crippen molar-refractivity contribution < 1.29 is 0 Å². The average Bonchev–Trinajstić information content (AvgIpc) is 2.90. The number of pyridine rings is 1. The zero-order valence-electron chi connectivity index (χ0n) is 12.1. The Bertz CT molecular complexity index is 599. The van der Waals surface area contributed by atoms with E-state index in [1.807, 2.05) is 10.6 Å². The Labute approximate surface area is 124 Å². The highest BCUT2D eigenvalue weighted by atomic mass is 35.5. The molecule has 5 heteroatoms. The van der Waals surface area contributed by atoms with Crippen molar-refractivity contribution >= 4 is 23.1 Å². The lowest BCUT2D eigenvalue weighted by Crippen LogP contribution is -2.44. The van der Waals surface area contributed by atoms with Crippen molar-refractivity contribution in [3.8, 4) is 0 Å². The molecule has 4 nitrogen and oxygen atoms in total. The molecule has 0 aromatic carbocycles. The summed E-state index contributed by atoms with van der Waals surface area (Å²) in [6.07, 6.45) is 6.28. The van der Waals surface area contributed by atoms with Crippen LogP contribution in [-0.4, -0.2) is 26.0 Å². The van der Waals surface area contributed by atoms with Crippen LogP contribution >= 0.6 is 11.6 Å². The first-order chi connectivity index (χ1) is 9.62. The van der Waals surface area contributed by atoms with Gasteiger partial charge in [0.05, 0.1) is 5.54 Å². The van der Waals surface area contributed by atoms with Crippen LogP contribution in [0.3, 0.4) is 0 Å². The number of hydrogen-bond acceptors (Lipinski definition) is 3. The molecule has 0 bridgehead atoms. The molecule has 0 unspecified atom stereocenters. The minimum atomic E-state index is -0.0132. The highest BCUT2D eigenvalue weighted by Gasteiger charge is 2.34. The Morgan fingerprint density at radius 3 is 2.85 bits per heavy atom. The minimum Gasteiger partial charge on any atom is -0.363 e. The second-order valence-corrected chi connectivity index (χ2v) is 6.44. The Morgan fingerprint density at radius 1 is 1.40 bits per heavy atom. The van der Waals surface area contributed by atoms with Crippen molar-refractivity contribution in [2.75, 3.05) is 11.2 Å². The molecule has 1 fully saturated rings. The van der Waals surface area contributed by atoms with Gasteiger partial charge in [-0.05, 0) is 56.2 Å². The standard InChI is InChI=1S/C15H21ClN4/c1-11-3-5-15(9-16,6-4-11)19-14-8-12(2)7-13-17-10-18-20(13)14/h7-8,10-11,19H,3-6,9H2,1-2H3. The molecule has 1 aliphatic rings. The van der Waals surface area contributed by atoms with Crippen LogP contribution in [0.2, 0.25) is 0 Å². The number of halogens is 1. The summed E-state index contributed by atoms with van der Waals surface area (Å²) in [4.78, 5) is 4.27. The van der Waals surface area contributed by atoms with Gasteiger partial charge in [0.25, 0.3) is 0 Å². The Morgan fingerprint density at radius 2 is 2.15 bits per heavy atom. The van der Waals surface area contributed by atoms with Gasteiger partial charge in [-0.2, -0.15) is 9.61 Å². The lowest BCUT2D eigenvalue weighted by molar-refractivity contribution is 0.286. The third-order valence-electron chi connectivity index (χ3n) is 4.40. The maximum atomic E-state index is 6.29. The molecule has 2 aromatic rings. The predicted molar refractivity (Wildman–Crippen MR) is 82.4 cm³/mol. The molecular weight excluding hydrogens is 272 g/mol. The molecule has 0 atom stereocenters. The summed E-state index contributed by atoms with van der Waals surface area (Å²) in [5.74, 6) is 2.42. The topological polar surface area (TPSA) is 42.2 Å². The van der Waals surface area contributed by atoms with Crippen molar-refractivity contribution in [2.45, 2.75) is 45.1 Å². The van der Waals surface area contributed by atoms with Gasteiger partial charge in [0.1, 0.15) is 12.1 Å². The minimum absolute atomic E-state index is 0.0132. The first-order valence-electron chi connectivity index (χ1n) is 7.26. The van der Waals surface area contributed by atoms with Crippen LogP contribution in [0.5, 0.6) is 0 Å². The smallest absolute Gasteiger partial charge is 0.157 e. The lowest BCUT2D eigenvalue weighted by Gasteiger charge is -2.39. The fourth-order valence-electron chi connectivity index (χ4n) is 3.02. The number of nitrogens with one attached hydrogen (secondary N) is 1. The number of aromatic nitrogens is 3. The number of hydrogen-bond donors (Lipinski definition) is 1. The quantitative estimate of drug-likeness (QED) is 0.878. The number of alkyl halides is 1. The number of fused-ring (bicyclic) bond motifs is 1.